The molecule has 1 atom stereocenters. The first kappa shape index (κ1) is 22.1. The van der Waals surface area contributed by atoms with Crippen molar-refractivity contribution in [1.29, 1.82) is 0 Å². The molecule has 1 amide bonds. The molecule has 0 saturated heterocycles. The van der Waals surface area contributed by atoms with Crippen molar-refractivity contribution in [3.63, 3.8) is 0 Å². The predicted octanol–water partition coefficient (Wildman–Crippen LogP) is 4.98. The Labute approximate surface area is 183 Å². The van der Waals surface area contributed by atoms with E-state index in [1.165, 1.54) is 17.3 Å². The van der Waals surface area contributed by atoms with Crippen LogP contribution in [0.2, 0.25) is 0 Å². The summed E-state index contributed by atoms with van der Waals surface area (Å²) in [6.45, 7) is 10.2. The Morgan fingerprint density at radius 1 is 0.900 bits per heavy atom. The van der Waals surface area contributed by atoms with Gasteiger partial charge in [-0.3, -0.25) is 9.36 Å². The SMILES string of the molecule is CC(Sc1nnc(Cc2ccccc2)n1-c1ccccc1)C(=O)N(C(C)C)C(C)C. The van der Waals surface area contributed by atoms with Crippen LogP contribution in [0.4, 0.5) is 0 Å². The highest BCUT2D eigenvalue weighted by molar-refractivity contribution is 8.00. The van der Waals surface area contributed by atoms with Crippen LogP contribution in [0.5, 0.6) is 0 Å². The number of nitrogens with zero attached hydrogens (tertiary/aromatic N) is 4. The summed E-state index contributed by atoms with van der Waals surface area (Å²) in [5.74, 6) is 0.983. The third-order valence-corrected chi connectivity index (χ3v) is 5.95. The Morgan fingerprint density at radius 3 is 2.03 bits per heavy atom. The van der Waals surface area contributed by atoms with Crippen molar-refractivity contribution < 1.29 is 4.79 Å². The van der Waals surface area contributed by atoms with Crippen molar-refractivity contribution >= 4 is 17.7 Å². The second-order valence-corrected chi connectivity index (χ2v) is 9.23. The molecule has 0 spiro atoms. The van der Waals surface area contributed by atoms with Crippen molar-refractivity contribution in [2.75, 3.05) is 0 Å². The molecule has 158 valence electrons. The van der Waals surface area contributed by atoms with Crippen LogP contribution in [0.25, 0.3) is 5.69 Å². The van der Waals surface area contributed by atoms with Crippen LogP contribution in [0, 0.1) is 0 Å². The first-order chi connectivity index (χ1) is 14.4. The fourth-order valence-corrected chi connectivity index (χ4v) is 4.57. The highest BCUT2D eigenvalue weighted by Gasteiger charge is 2.28. The zero-order valence-corrected chi connectivity index (χ0v) is 19.1. The van der Waals surface area contributed by atoms with E-state index in [0.717, 1.165) is 16.7 Å². The molecule has 0 radical (unpaired) electrons. The van der Waals surface area contributed by atoms with Gasteiger partial charge in [-0.05, 0) is 52.3 Å². The molecule has 0 fully saturated rings. The maximum atomic E-state index is 13.1. The molecule has 1 heterocycles. The second kappa shape index (κ2) is 9.94. The first-order valence-electron chi connectivity index (χ1n) is 10.4. The largest absolute Gasteiger partial charge is 0.337 e. The first-order valence-corrected chi connectivity index (χ1v) is 11.3. The van der Waals surface area contributed by atoms with E-state index in [9.17, 15) is 4.79 Å². The minimum absolute atomic E-state index is 0.122. The van der Waals surface area contributed by atoms with Crippen LogP contribution < -0.4 is 0 Å². The average Bonchev–Trinajstić information content (AvgIpc) is 3.10. The number of hydrogen-bond donors (Lipinski definition) is 0. The van der Waals surface area contributed by atoms with E-state index in [1.54, 1.807) is 0 Å². The Hall–Kier alpha value is -2.60. The minimum atomic E-state index is -0.258. The van der Waals surface area contributed by atoms with E-state index < -0.39 is 0 Å². The molecule has 6 heteroatoms. The molecule has 0 bridgehead atoms. The summed E-state index contributed by atoms with van der Waals surface area (Å²) in [7, 11) is 0. The summed E-state index contributed by atoms with van der Waals surface area (Å²) in [6.07, 6.45) is 0.676. The van der Waals surface area contributed by atoms with Gasteiger partial charge in [-0.1, -0.05) is 60.3 Å². The van der Waals surface area contributed by atoms with Crippen LogP contribution in [-0.2, 0) is 11.2 Å². The van der Waals surface area contributed by atoms with E-state index >= 15 is 0 Å². The van der Waals surface area contributed by atoms with Crippen molar-refractivity contribution in [2.45, 2.75) is 63.5 Å². The zero-order valence-electron chi connectivity index (χ0n) is 18.3. The lowest BCUT2D eigenvalue weighted by Gasteiger charge is -2.32. The average molecular weight is 423 g/mol. The Bertz CT molecular complexity index is 946. The minimum Gasteiger partial charge on any atom is -0.337 e. The maximum Gasteiger partial charge on any atom is 0.236 e. The van der Waals surface area contributed by atoms with Crippen LogP contribution >= 0.6 is 11.8 Å². The quantitative estimate of drug-likeness (QED) is 0.480. The number of carbonyl (C=O) groups is 1. The van der Waals surface area contributed by atoms with Gasteiger partial charge in [0.25, 0.3) is 0 Å². The van der Waals surface area contributed by atoms with Crippen molar-refractivity contribution in [3.8, 4) is 5.69 Å². The number of carbonyl (C=O) groups excluding carboxylic acids is 1. The van der Waals surface area contributed by atoms with Gasteiger partial charge >= 0.3 is 0 Å². The number of amides is 1. The number of benzene rings is 2. The highest BCUT2D eigenvalue weighted by atomic mass is 32.2. The summed E-state index contributed by atoms with van der Waals surface area (Å²) in [4.78, 5) is 15.1. The lowest BCUT2D eigenvalue weighted by Crippen LogP contribution is -2.45. The molecular weight excluding hydrogens is 392 g/mol. The van der Waals surface area contributed by atoms with Crippen molar-refractivity contribution in [1.82, 2.24) is 19.7 Å². The number of hydrogen-bond acceptors (Lipinski definition) is 4. The monoisotopic (exact) mass is 422 g/mol. The molecule has 0 N–H and O–H groups in total. The summed E-state index contributed by atoms with van der Waals surface area (Å²) in [5.41, 5.74) is 2.17. The molecular formula is C24H30N4OS. The lowest BCUT2D eigenvalue weighted by atomic mass is 10.1. The topological polar surface area (TPSA) is 51.0 Å². The van der Waals surface area contributed by atoms with E-state index in [0.29, 0.717) is 6.42 Å². The van der Waals surface area contributed by atoms with Gasteiger partial charge in [-0.25, -0.2) is 0 Å². The number of thioether (sulfide) groups is 1. The molecule has 0 aliphatic heterocycles. The highest BCUT2D eigenvalue weighted by Crippen LogP contribution is 2.28. The molecule has 3 aromatic rings. The fraction of sp³-hybridized carbons (Fsp3) is 0.375. The zero-order chi connectivity index (χ0) is 21.7. The Balaban J connectivity index is 1.92. The molecule has 0 aliphatic carbocycles. The van der Waals surface area contributed by atoms with Gasteiger partial charge in [0.15, 0.2) is 5.16 Å². The maximum absolute atomic E-state index is 13.1. The standard InChI is InChI=1S/C24H30N4OS/c1-17(2)27(18(3)4)23(29)19(5)30-24-26-25-22(16-20-12-8-6-9-13-20)28(24)21-14-10-7-11-15-21/h6-15,17-19H,16H2,1-5H3. The van der Waals surface area contributed by atoms with Gasteiger partial charge in [-0.2, -0.15) is 0 Å². The van der Waals surface area contributed by atoms with Crippen molar-refractivity contribution in [2.24, 2.45) is 0 Å². The van der Waals surface area contributed by atoms with Gasteiger partial charge in [0.1, 0.15) is 5.82 Å². The molecule has 30 heavy (non-hydrogen) atoms. The van der Waals surface area contributed by atoms with Crippen LogP contribution in [0.15, 0.2) is 65.8 Å². The van der Waals surface area contributed by atoms with Gasteiger partial charge in [0.2, 0.25) is 5.91 Å². The van der Waals surface area contributed by atoms with E-state index in [2.05, 4.69) is 54.6 Å². The lowest BCUT2D eigenvalue weighted by molar-refractivity contribution is -0.133. The predicted molar refractivity (Wildman–Crippen MR) is 123 cm³/mol. The molecule has 0 aliphatic rings. The number of rotatable bonds is 8. The third kappa shape index (κ3) is 5.11. The van der Waals surface area contributed by atoms with Crippen LogP contribution in [0.1, 0.15) is 46.0 Å². The van der Waals surface area contributed by atoms with E-state index in [-0.39, 0.29) is 23.2 Å². The smallest absolute Gasteiger partial charge is 0.236 e. The fourth-order valence-electron chi connectivity index (χ4n) is 3.63. The van der Waals surface area contributed by atoms with Gasteiger partial charge < -0.3 is 4.90 Å². The molecule has 5 nitrogen and oxygen atoms in total. The van der Waals surface area contributed by atoms with Crippen molar-refractivity contribution in [3.05, 3.63) is 72.1 Å². The van der Waals surface area contributed by atoms with Gasteiger partial charge in [0, 0.05) is 24.2 Å². The molecule has 3 rings (SSSR count). The molecule has 1 unspecified atom stereocenters. The van der Waals surface area contributed by atoms with Gasteiger partial charge in [-0.15, -0.1) is 10.2 Å². The van der Waals surface area contributed by atoms with E-state index in [4.69, 9.17) is 0 Å². The summed E-state index contributed by atoms with van der Waals surface area (Å²) in [5, 5.41) is 9.43. The van der Waals surface area contributed by atoms with Crippen LogP contribution in [-0.4, -0.2) is 42.9 Å². The summed E-state index contributed by atoms with van der Waals surface area (Å²) in [6, 6.07) is 20.6. The normalized spacial score (nSPS) is 12.4. The third-order valence-electron chi connectivity index (χ3n) is 4.92. The van der Waals surface area contributed by atoms with E-state index in [1.807, 2.05) is 60.4 Å². The molecule has 0 saturated carbocycles. The molecule has 1 aromatic heterocycles. The summed E-state index contributed by atoms with van der Waals surface area (Å²) >= 11 is 1.47. The number of para-hydroxylation sites is 1. The summed E-state index contributed by atoms with van der Waals surface area (Å²) < 4.78 is 2.07. The Morgan fingerprint density at radius 2 is 1.47 bits per heavy atom. The molecule has 2 aromatic carbocycles. The second-order valence-electron chi connectivity index (χ2n) is 7.93. The Kier molecular flexibility index (Phi) is 7.32. The number of aromatic nitrogens is 3. The van der Waals surface area contributed by atoms with Gasteiger partial charge in [0.05, 0.1) is 5.25 Å². The van der Waals surface area contributed by atoms with Crippen LogP contribution in [0.3, 0.4) is 0 Å².